The van der Waals surface area contributed by atoms with Crippen molar-refractivity contribution in [3.8, 4) is 5.75 Å². The molecule has 9 heteroatoms. The maximum absolute atomic E-state index is 12.6. The second-order valence-electron chi connectivity index (χ2n) is 5.95. The molecule has 1 unspecified atom stereocenters. The van der Waals surface area contributed by atoms with Gasteiger partial charge in [-0.05, 0) is 31.5 Å². The molecule has 0 aliphatic heterocycles. The summed E-state index contributed by atoms with van der Waals surface area (Å²) < 4.78 is 43.5. The molecule has 0 fully saturated rings. The largest absolute Gasteiger partial charge is 0.482 e. The monoisotopic (exact) mass is 381 g/mol. The summed E-state index contributed by atoms with van der Waals surface area (Å²) in [6.07, 6.45) is -4.69. The number of hydrogen-bond acceptors (Lipinski definition) is 4. The lowest BCUT2D eigenvalue weighted by atomic mass is 10.0. The van der Waals surface area contributed by atoms with Gasteiger partial charge in [0.05, 0.1) is 12.2 Å². The number of hydrogen-bond donors (Lipinski definition) is 2. The molecule has 0 radical (unpaired) electrons. The molecule has 1 aromatic carbocycles. The van der Waals surface area contributed by atoms with E-state index in [1.54, 1.807) is 24.3 Å². The highest BCUT2D eigenvalue weighted by atomic mass is 19.4. The summed E-state index contributed by atoms with van der Waals surface area (Å²) in [4.78, 5) is 26.2. The Morgan fingerprint density at radius 2 is 1.78 bits per heavy atom. The van der Waals surface area contributed by atoms with Gasteiger partial charge in [0.1, 0.15) is 17.5 Å². The molecule has 2 atom stereocenters. The van der Waals surface area contributed by atoms with E-state index in [4.69, 9.17) is 10.5 Å². The number of carbonyl (C=O) groups is 2. The Morgan fingerprint density at radius 1 is 1.15 bits per heavy atom. The number of aromatic nitrogens is 1. The Hall–Kier alpha value is -3.10. The number of halogens is 3. The van der Waals surface area contributed by atoms with Gasteiger partial charge in [-0.25, -0.2) is 4.98 Å². The van der Waals surface area contributed by atoms with Crippen molar-refractivity contribution < 1.29 is 27.5 Å². The molecule has 6 nitrogen and oxygen atoms in total. The fraction of sp³-hybridized carbons (Fsp3) is 0.278. The number of aryl methyl sites for hydroxylation is 1. The standard InChI is InChI=1S/C18H18F3N3O3/c1-10-3-5-12(6-4-10)15(11(2)24-17(26)18(19,20)21)27-13-7-8-14(16(22)25)23-9-13/h3-9,11,15H,1-2H3,(H2,22,25)(H,24,26)/t11?,15-/m0/s1. The van der Waals surface area contributed by atoms with E-state index < -0.39 is 30.1 Å². The molecule has 2 rings (SSSR count). The molecule has 0 saturated heterocycles. The number of rotatable bonds is 6. The molecule has 0 spiro atoms. The van der Waals surface area contributed by atoms with Gasteiger partial charge in [-0.3, -0.25) is 9.59 Å². The fourth-order valence-electron chi connectivity index (χ4n) is 2.32. The summed E-state index contributed by atoms with van der Waals surface area (Å²) in [5, 5.41) is 1.90. The van der Waals surface area contributed by atoms with Crippen LogP contribution in [0.5, 0.6) is 5.75 Å². The third kappa shape index (κ3) is 5.44. The van der Waals surface area contributed by atoms with Crippen molar-refractivity contribution >= 4 is 11.8 Å². The van der Waals surface area contributed by atoms with E-state index >= 15 is 0 Å². The van der Waals surface area contributed by atoms with Crippen molar-refractivity contribution in [2.24, 2.45) is 5.73 Å². The Balaban J connectivity index is 2.27. The molecule has 27 heavy (non-hydrogen) atoms. The van der Waals surface area contributed by atoms with Crippen LogP contribution in [-0.4, -0.2) is 29.0 Å². The lowest BCUT2D eigenvalue weighted by molar-refractivity contribution is -0.174. The van der Waals surface area contributed by atoms with E-state index in [0.29, 0.717) is 5.56 Å². The maximum atomic E-state index is 12.6. The SMILES string of the molecule is Cc1ccc([C@@H](Oc2ccc(C(N)=O)nc2)C(C)NC(=O)C(F)(F)F)cc1. The maximum Gasteiger partial charge on any atom is 0.471 e. The van der Waals surface area contributed by atoms with E-state index in [-0.39, 0.29) is 11.4 Å². The molecule has 0 bridgehead atoms. The third-order valence-electron chi connectivity index (χ3n) is 3.73. The van der Waals surface area contributed by atoms with Gasteiger partial charge in [-0.2, -0.15) is 13.2 Å². The van der Waals surface area contributed by atoms with E-state index in [9.17, 15) is 22.8 Å². The number of alkyl halides is 3. The first-order valence-corrected chi connectivity index (χ1v) is 7.94. The van der Waals surface area contributed by atoms with Crippen LogP contribution in [0.3, 0.4) is 0 Å². The minimum Gasteiger partial charge on any atom is -0.482 e. The second-order valence-corrected chi connectivity index (χ2v) is 5.95. The predicted molar refractivity (Wildman–Crippen MR) is 91.0 cm³/mol. The smallest absolute Gasteiger partial charge is 0.471 e. The van der Waals surface area contributed by atoms with Crippen LogP contribution in [0.25, 0.3) is 0 Å². The van der Waals surface area contributed by atoms with Crippen molar-refractivity contribution in [3.05, 3.63) is 59.4 Å². The number of carbonyl (C=O) groups excluding carboxylic acids is 2. The Morgan fingerprint density at radius 3 is 2.26 bits per heavy atom. The lowest BCUT2D eigenvalue weighted by Gasteiger charge is -2.27. The van der Waals surface area contributed by atoms with Crippen LogP contribution in [-0.2, 0) is 4.79 Å². The highest BCUT2D eigenvalue weighted by molar-refractivity contribution is 5.90. The topological polar surface area (TPSA) is 94.3 Å². The van der Waals surface area contributed by atoms with Gasteiger partial charge in [-0.15, -0.1) is 0 Å². The van der Waals surface area contributed by atoms with Crippen LogP contribution >= 0.6 is 0 Å². The molecule has 144 valence electrons. The molecular formula is C18H18F3N3O3. The summed E-state index contributed by atoms with van der Waals surface area (Å²) in [6, 6.07) is 8.70. The Kier molecular flexibility index (Phi) is 6.04. The molecule has 2 aromatic rings. The molecule has 0 saturated carbocycles. The highest BCUT2D eigenvalue weighted by Crippen LogP contribution is 2.26. The number of amides is 2. The molecule has 2 amide bonds. The zero-order chi connectivity index (χ0) is 20.2. The zero-order valence-corrected chi connectivity index (χ0v) is 14.6. The summed E-state index contributed by atoms with van der Waals surface area (Å²) in [7, 11) is 0. The molecule has 1 aromatic heterocycles. The number of ether oxygens (including phenoxy) is 1. The first-order valence-electron chi connectivity index (χ1n) is 7.94. The van der Waals surface area contributed by atoms with Crippen LogP contribution in [0.4, 0.5) is 13.2 Å². The summed E-state index contributed by atoms with van der Waals surface area (Å²) in [5.74, 6) is -2.57. The number of nitrogens with zero attached hydrogens (tertiary/aromatic N) is 1. The van der Waals surface area contributed by atoms with Crippen LogP contribution < -0.4 is 15.8 Å². The van der Waals surface area contributed by atoms with Crippen molar-refractivity contribution in [1.29, 1.82) is 0 Å². The average molecular weight is 381 g/mol. The summed E-state index contributed by atoms with van der Waals surface area (Å²) in [5.41, 5.74) is 6.66. The third-order valence-corrected chi connectivity index (χ3v) is 3.73. The Bertz CT molecular complexity index is 805. The zero-order valence-electron chi connectivity index (χ0n) is 14.6. The number of benzene rings is 1. The van der Waals surface area contributed by atoms with Gasteiger partial charge in [0.2, 0.25) is 0 Å². The first-order chi connectivity index (χ1) is 12.6. The van der Waals surface area contributed by atoms with Gasteiger partial charge in [0.15, 0.2) is 0 Å². The van der Waals surface area contributed by atoms with Crippen molar-refractivity contribution in [3.63, 3.8) is 0 Å². The minimum atomic E-state index is -5.00. The van der Waals surface area contributed by atoms with Crippen LogP contribution in [0, 0.1) is 6.92 Å². The number of pyridine rings is 1. The van der Waals surface area contributed by atoms with E-state index in [1.807, 2.05) is 12.2 Å². The Labute approximate surface area is 153 Å². The summed E-state index contributed by atoms with van der Waals surface area (Å²) >= 11 is 0. The molecule has 0 aliphatic carbocycles. The fourth-order valence-corrected chi connectivity index (χ4v) is 2.32. The van der Waals surface area contributed by atoms with E-state index in [2.05, 4.69) is 4.98 Å². The van der Waals surface area contributed by atoms with Crippen LogP contribution in [0.15, 0.2) is 42.6 Å². The normalized spacial score (nSPS) is 13.5. The van der Waals surface area contributed by atoms with Crippen molar-refractivity contribution in [1.82, 2.24) is 10.3 Å². The molecule has 0 aliphatic rings. The first kappa shape index (κ1) is 20.2. The number of nitrogens with one attached hydrogen (secondary N) is 1. The average Bonchev–Trinajstić information content (AvgIpc) is 2.60. The molecule has 3 N–H and O–H groups in total. The molecular weight excluding hydrogens is 363 g/mol. The van der Waals surface area contributed by atoms with Crippen molar-refractivity contribution in [2.45, 2.75) is 32.2 Å². The predicted octanol–water partition coefficient (Wildman–Crippen LogP) is 2.68. The summed E-state index contributed by atoms with van der Waals surface area (Å²) in [6.45, 7) is 3.26. The van der Waals surface area contributed by atoms with Crippen molar-refractivity contribution in [2.75, 3.05) is 0 Å². The van der Waals surface area contributed by atoms with Gasteiger partial charge in [-0.1, -0.05) is 29.8 Å². The quantitative estimate of drug-likeness (QED) is 0.804. The number of primary amides is 1. The van der Waals surface area contributed by atoms with Gasteiger partial charge >= 0.3 is 12.1 Å². The number of nitrogens with two attached hydrogens (primary N) is 1. The molecule has 1 heterocycles. The lowest BCUT2D eigenvalue weighted by Crippen LogP contribution is -2.45. The van der Waals surface area contributed by atoms with Gasteiger partial charge < -0.3 is 15.8 Å². The van der Waals surface area contributed by atoms with Gasteiger partial charge in [0.25, 0.3) is 5.91 Å². The second kappa shape index (κ2) is 8.07. The van der Waals surface area contributed by atoms with E-state index in [1.165, 1.54) is 25.3 Å². The van der Waals surface area contributed by atoms with E-state index in [0.717, 1.165) is 5.56 Å². The van der Waals surface area contributed by atoms with Crippen LogP contribution in [0.1, 0.15) is 34.6 Å². The van der Waals surface area contributed by atoms with Gasteiger partial charge in [0, 0.05) is 0 Å². The van der Waals surface area contributed by atoms with Crippen LogP contribution in [0.2, 0.25) is 0 Å². The highest BCUT2D eigenvalue weighted by Gasteiger charge is 2.40. The minimum absolute atomic E-state index is 0.0210.